The zero-order valence-corrected chi connectivity index (χ0v) is 9.78. The molecule has 0 fully saturated rings. The van der Waals surface area contributed by atoms with E-state index in [1.165, 1.54) is 16.3 Å². The fourth-order valence-corrected chi connectivity index (χ4v) is 2.09. The number of benzene rings is 1. The lowest BCUT2D eigenvalue weighted by atomic mass is 10.2. The first-order chi connectivity index (χ1) is 8.11. The van der Waals surface area contributed by atoms with Gasteiger partial charge in [-0.3, -0.25) is 4.57 Å². The third kappa shape index (κ3) is 2.16. The van der Waals surface area contributed by atoms with Gasteiger partial charge >= 0.3 is 5.69 Å². The molecule has 0 spiro atoms. The lowest BCUT2D eigenvalue weighted by molar-refractivity contribution is 0.766. The van der Waals surface area contributed by atoms with Gasteiger partial charge in [0, 0.05) is 17.6 Å². The molecule has 0 saturated carbocycles. The van der Waals surface area contributed by atoms with Gasteiger partial charge in [-0.05, 0) is 30.0 Å². The smallest absolute Gasteiger partial charge is 0.343 e. The Morgan fingerprint density at radius 1 is 1.59 bits per heavy atom. The van der Waals surface area contributed by atoms with E-state index in [9.17, 15) is 4.79 Å². The maximum atomic E-state index is 11.2. The third-order valence-electron chi connectivity index (χ3n) is 2.18. The van der Waals surface area contributed by atoms with Crippen LogP contribution in [0.15, 0.2) is 33.0 Å². The summed E-state index contributed by atoms with van der Waals surface area (Å²) in [5, 5.41) is 15.5. The Morgan fingerprint density at radius 3 is 2.94 bits per heavy atom. The second kappa shape index (κ2) is 4.35. The van der Waals surface area contributed by atoms with Gasteiger partial charge in [0.05, 0.1) is 11.6 Å². The SMILES string of the molecule is Cn1c(Sc2cc(C#N)ccc2N)n[nH]c1=O. The normalized spacial score (nSPS) is 10.1. The first-order valence-corrected chi connectivity index (χ1v) is 5.52. The van der Waals surface area contributed by atoms with Gasteiger partial charge in [0.2, 0.25) is 0 Å². The summed E-state index contributed by atoms with van der Waals surface area (Å²) in [6.07, 6.45) is 0. The maximum absolute atomic E-state index is 11.2. The van der Waals surface area contributed by atoms with E-state index >= 15 is 0 Å². The second-order valence-corrected chi connectivity index (χ2v) is 4.35. The molecule has 1 heterocycles. The number of rotatable bonds is 2. The summed E-state index contributed by atoms with van der Waals surface area (Å²) in [6, 6.07) is 7.00. The zero-order chi connectivity index (χ0) is 12.4. The molecule has 0 aliphatic rings. The van der Waals surface area contributed by atoms with Crippen molar-refractivity contribution in [3.8, 4) is 6.07 Å². The van der Waals surface area contributed by atoms with Gasteiger partial charge in [-0.1, -0.05) is 0 Å². The van der Waals surface area contributed by atoms with Gasteiger partial charge in [-0.2, -0.15) is 5.26 Å². The van der Waals surface area contributed by atoms with Crippen molar-refractivity contribution in [2.75, 3.05) is 5.73 Å². The summed E-state index contributed by atoms with van der Waals surface area (Å²) >= 11 is 1.24. The topological polar surface area (TPSA) is 100 Å². The lowest BCUT2D eigenvalue weighted by Gasteiger charge is -2.04. The van der Waals surface area contributed by atoms with E-state index in [2.05, 4.69) is 10.2 Å². The molecule has 0 aliphatic carbocycles. The van der Waals surface area contributed by atoms with Crippen LogP contribution in [0.3, 0.4) is 0 Å². The van der Waals surface area contributed by atoms with Crippen molar-refractivity contribution in [3.05, 3.63) is 34.2 Å². The fraction of sp³-hybridized carbons (Fsp3) is 0.100. The van der Waals surface area contributed by atoms with Gasteiger partial charge < -0.3 is 5.73 Å². The number of nitrogen functional groups attached to an aromatic ring is 1. The summed E-state index contributed by atoms with van der Waals surface area (Å²) in [6.45, 7) is 0. The summed E-state index contributed by atoms with van der Waals surface area (Å²) < 4.78 is 1.38. The van der Waals surface area contributed by atoms with Crippen molar-refractivity contribution in [2.24, 2.45) is 7.05 Å². The molecule has 2 aromatic rings. The third-order valence-corrected chi connectivity index (χ3v) is 3.30. The lowest BCUT2D eigenvalue weighted by Crippen LogP contribution is -2.12. The second-order valence-electron chi connectivity index (χ2n) is 3.34. The number of anilines is 1. The molecule has 1 aromatic carbocycles. The molecule has 7 heteroatoms. The van der Waals surface area contributed by atoms with Gasteiger partial charge in [0.25, 0.3) is 0 Å². The van der Waals surface area contributed by atoms with Crippen LogP contribution in [0.1, 0.15) is 5.56 Å². The highest BCUT2D eigenvalue weighted by atomic mass is 32.2. The maximum Gasteiger partial charge on any atom is 0.343 e. The van der Waals surface area contributed by atoms with E-state index in [0.717, 1.165) is 0 Å². The zero-order valence-electron chi connectivity index (χ0n) is 8.97. The Morgan fingerprint density at radius 2 is 2.35 bits per heavy atom. The minimum atomic E-state index is -0.289. The van der Waals surface area contributed by atoms with Gasteiger partial charge in [-0.25, -0.2) is 9.89 Å². The highest BCUT2D eigenvalue weighted by molar-refractivity contribution is 7.99. The Hall–Kier alpha value is -2.20. The van der Waals surface area contributed by atoms with Crippen molar-refractivity contribution in [3.63, 3.8) is 0 Å². The fourth-order valence-electron chi connectivity index (χ4n) is 1.21. The van der Waals surface area contributed by atoms with Crippen molar-refractivity contribution >= 4 is 17.4 Å². The molecular weight excluding hydrogens is 238 g/mol. The van der Waals surface area contributed by atoms with Crippen LogP contribution in [0.2, 0.25) is 0 Å². The van der Waals surface area contributed by atoms with Crippen LogP contribution in [0.5, 0.6) is 0 Å². The molecule has 17 heavy (non-hydrogen) atoms. The minimum absolute atomic E-state index is 0.289. The monoisotopic (exact) mass is 247 g/mol. The number of nitriles is 1. The predicted octanol–water partition coefficient (Wildman–Crippen LogP) is 0.713. The van der Waals surface area contributed by atoms with E-state index in [1.54, 1.807) is 25.2 Å². The van der Waals surface area contributed by atoms with Crippen LogP contribution in [0.25, 0.3) is 0 Å². The first-order valence-electron chi connectivity index (χ1n) is 4.70. The molecule has 0 unspecified atom stereocenters. The molecule has 2 rings (SSSR count). The number of hydrogen-bond acceptors (Lipinski definition) is 5. The van der Waals surface area contributed by atoms with Crippen molar-refractivity contribution in [1.82, 2.24) is 14.8 Å². The van der Waals surface area contributed by atoms with Crippen LogP contribution in [0, 0.1) is 11.3 Å². The number of nitrogens with one attached hydrogen (secondary N) is 1. The Kier molecular flexibility index (Phi) is 2.89. The molecule has 0 bridgehead atoms. The van der Waals surface area contributed by atoms with Crippen molar-refractivity contribution in [2.45, 2.75) is 10.1 Å². The minimum Gasteiger partial charge on any atom is -0.398 e. The molecule has 86 valence electrons. The van der Waals surface area contributed by atoms with Crippen LogP contribution in [-0.4, -0.2) is 14.8 Å². The van der Waals surface area contributed by atoms with Crippen LogP contribution in [0.4, 0.5) is 5.69 Å². The van der Waals surface area contributed by atoms with Crippen molar-refractivity contribution < 1.29 is 0 Å². The Bertz CT molecular complexity index is 651. The summed E-state index contributed by atoms with van der Waals surface area (Å²) in [5.74, 6) is 0. The van der Waals surface area contributed by atoms with E-state index < -0.39 is 0 Å². The van der Waals surface area contributed by atoms with Gasteiger partial charge in [-0.15, -0.1) is 5.10 Å². The van der Waals surface area contributed by atoms with Gasteiger partial charge in [0.15, 0.2) is 5.16 Å². The number of H-pyrrole nitrogens is 1. The van der Waals surface area contributed by atoms with Crippen molar-refractivity contribution in [1.29, 1.82) is 5.26 Å². The van der Waals surface area contributed by atoms with Crippen LogP contribution >= 0.6 is 11.8 Å². The predicted molar refractivity (Wildman–Crippen MR) is 63.5 cm³/mol. The average molecular weight is 247 g/mol. The largest absolute Gasteiger partial charge is 0.398 e. The molecule has 0 atom stereocenters. The molecule has 6 nitrogen and oxygen atoms in total. The molecule has 0 radical (unpaired) electrons. The summed E-state index contributed by atoms with van der Waals surface area (Å²) in [5.41, 5.74) is 6.57. The quantitative estimate of drug-likeness (QED) is 0.761. The van der Waals surface area contributed by atoms with Crippen LogP contribution in [-0.2, 0) is 7.05 Å². The Labute approximate surface area is 101 Å². The first kappa shape index (κ1) is 11.3. The summed E-state index contributed by atoms with van der Waals surface area (Å²) in [7, 11) is 1.61. The number of hydrogen-bond donors (Lipinski definition) is 2. The van der Waals surface area contributed by atoms with E-state index in [-0.39, 0.29) is 5.69 Å². The molecule has 0 amide bonds. The number of aromatic amines is 1. The Balaban J connectivity index is 2.39. The van der Waals surface area contributed by atoms with Gasteiger partial charge in [0.1, 0.15) is 0 Å². The van der Waals surface area contributed by atoms with Crippen LogP contribution < -0.4 is 11.4 Å². The number of nitrogens with two attached hydrogens (primary N) is 1. The number of nitrogens with zero attached hydrogens (tertiary/aromatic N) is 3. The molecular formula is C10H9N5OS. The van der Waals surface area contributed by atoms with E-state index in [4.69, 9.17) is 11.0 Å². The molecule has 0 saturated heterocycles. The highest BCUT2D eigenvalue weighted by Crippen LogP contribution is 2.30. The number of aromatic nitrogens is 3. The van der Waals surface area contributed by atoms with E-state index in [0.29, 0.717) is 21.3 Å². The van der Waals surface area contributed by atoms with E-state index in [1.807, 2.05) is 6.07 Å². The molecule has 1 aromatic heterocycles. The molecule has 0 aliphatic heterocycles. The standard InChI is InChI=1S/C10H9N5OS/c1-15-9(16)13-14-10(15)17-8-4-6(5-11)2-3-7(8)12/h2-4H,12H2,1H3,(H,13,16). The molecule has 3 N–H and O–H groups in total. The average Bonchev–Trinajstić information content (AvgIpc) is 2.64. The highest BCUT2D eigenvalue weighted by Gasteiger charge is 2.09. The summed E-state index contributed by atoms with van der Waals surface area (Å²) in [4.78, 5) is 11.9.